The zero-order chi connectivity index (χ0) is 25.2. The first kappa shape index (κ1) is 25.3. The molecule has 1 amide bonds. The van der Waals surface area contributed by atoms with Crippen LogP contribution in [0, 0.1) is 5.92 Å². The van der Waals surface area contributed by atoms with Crippen LogP contribution < -0.4 is 4.74 Å². The summed E-state index contributed by atoms with van der Waals surface area (Å²) >= 11 is 0. The second-order valence-electron chi connectivity index (χ2n) is 9.30. The van der Waals surface area contributed by atoms with Crippen LogP contribution in [0.1, 0.15) is 49.2 Å². The molecule has 188 valence electrons. The average molecular weight is 501 g/mol. The quantitative estimate of drug-likeness (QED) is 0.649. The number of aromatic nitrogens is 2. The summed E-state index contributed by atoms with van der Waals surface area (Å²) in [5, 5.41) is 9.80. The molecule has 3 atom stereocenters. The molecule has 0 spiro atoms. The fourth-order valence-electron chi connectivity index (χ4n) is 4.53. The monoisotopic (exact) mass is 500 g/mol. The smallest absolute Gasteiger partial charge is 0.273 e. The van der Waals surface area contributed by atoms with Crippen LogP contribution in [0.25, 0.3) is 5.57 Å². The van der Waals surface area contributed by atoms with E-state index in [1.807, 2.05) is 13.0 Å². The van der Waals surface area contributed by atoms with Crippen LogP contribution >= 0.6 is 0 Å². The minimum Gasteiger partial charge on any atom is -0.487 e. The molecule has 0 fully saturated rings. The number of rotatable bonds is 6. The number of allylic oxidation sites excluding steroid dienone is 2. The third-order valence-corrected chi connectivity index (χ3v) is 8.68. The first-order valence-electron chi connectivity index (χ1n) is 11.9. The minimum atomic E-state index is -3.91. The zero-order valence-corrected chi connectivity index (χ0v) is 21.1. The predicted molar refractivity (Wildman–Crippen MR) is 131 cm³/mol. The van der Waals surface area contributed by atoms with Gasteiger partial charge in [-0.2, -0.15) is 4.31 Å². The molecule has 0 saturated carbocycles. The molecule has 9 nitrogen and oxygen atoms in total. The van der Waals surface area contributed by atoms with E-state index in [2.05, 4.69) is 16.0 Å². The molecule has 4 rings (SSSR count). The first-order chi connectivity index (χ1) is 16.7. The molecule has 2 aromatic rings. The zero-order valence-electron chi connectivity index (χ0n) is 20.3. The molecule has 0 radical (unpaired) electrons. The second kappa shape index (κ2) is 10.4. The van der Waals surface area contributed by atoms with Gasteiger partial charge >= 0.3 is 0 Å². The lowest BCUT2D eigenvalue weighted by molar-refractivity contribution is 0.0559. The number of hydrogen-bond acceptors (Lipinski definition) is 7. The number of sulfonamides is 1. The number of nitrogens with zero attached hydrogens (tertiary/aromatic N) is 4. The number of amides is 1. The maximum absolute atomic E-state index is 13.6. The number of benzene rings is 1. The number of aliphatic hydroxyl groups excluding tert-OH is 1. The van der Waals surface area contributed by atoms with Gasteiger partial charge in [-0.3, -0.25) is 9.78 Å². The van der Waals surface area contributed by atoms with Gasteiger partial charge in [-0.25, -0.2) is 13.4 Å². The van der Waals surface area contributed by atoms with Crippen LogP contribution in [-0.2, 0) is 10.0 Å². The second-order valence-corrected chi connectivity index (χ2v) is 11.2. The van der Waals surface area contributed by atoms with E-state index in [1.165, 1.54) is 33.4 Å². The van der Waals surface area contributed by atoms with Crippen LogP contribution in [0.2, 0.25) is 0 Å². The van der Waals surface area contributed by atoms with Gasteiger partial charge in [0.2, 0.25) is 10.0 Å². The van der Waals surface area contributed by atoms with Gasteiger partial charge in [0.1, 0.15) is 22.4 Å². The van der Waals surface area contributed by atoms with Crippen molar-refractivity contribution in [2.24, 2.45) is 5.92 Å². The van der Waals surface area contributed by atoms with E-state index in [9.17, 15) is 18.3 Å². The lowest BCUT2D eigenvalue weighted by Gasteiger charge is -2.37. The number of carbonyl (C=O) groups excluding carboxylic acids is 1. The summed E-state index contributed by atoms with van der Waals surface area (Å²) in [6.07, 6.45) is 9.07. The summed E-state index contributed by atoms with van der Waals surface area (Å²) < 4.78 is 35.0. The third-order valence-electron chi connectivity index (χ3n) is 6.66. The Hall–Kier alpha value is -2.82. The van der Waals surface area contributed by atoms with Crippen molar-refractivity contribution in [2.75, 3.05) is 26.7 Å². The van der Waals surface area contributed by atoms with Gasteiger partial charge in [-0.1, -0.05) is 19.1 Å². The van der Waals surface area contributed by atoms with Crippen molar-refractivity contribution in [3.8, 4) is 5.75 Å². The van der Waals surface area contributed by atoms with E-state index < -0.39 is 22.2 Å². The van der Waals surface area contributed by atoms with E-state index in [0.29, 0.717) is 0 Å². The highest BCUT2D eigenvalue weighted by molar-refractivity contribution is 7.89. The van der Waals surface area contributed by atoms with Gasteiger partial charge in [0, 0.05) is 37.9 Å². The van der Waals surface area contributed by atoms with Crippen molar-refractivity contribution in [1.82, 2.24) is 19.2 Å². The maximum atomic E-state index is 13.6. The van der Waals surface area contributed by atoms with E-state index in [-0.39, 0.29) is 47.9 Å². The molecule has 1 aliphatic carbocycles. The molecular formula is C25H32N4O5S. The first-order valence-corrected chi connectivity index (χ1v) is 13.3. The number of hydrogen-bond donors (Lipinski definition) is 1. The molecule has 1 N–H and O–H groups in total. The highest BCUT2D eigenvalue weighted by Crippen LogP contribution is 2.37. The Morgan fingerprint density at radius 3 is 2.80 bits per heavy atom. The Labute approximate surface area is 206 Å². The van der Waals surface area contributed by atoms with E-state index in [0.717, 1.165) is 24.8 Å². The van der Waals surface area contributed by atoms with Crippen molar-refractivity contribution < 1.29 is 23.1 Å². The molecule has 0 saturated heterocycles. The van der Waals surface area contributed by atoms with Crippen molar-refractivity contribution in [1.29, 1.82) is 0 Å². The van der Waals surface area contributed by atoms with Crippen LogP contribution in [0.3, 0.4) is 0 Å². The van der Waals surface area contributed by atoms with Crippen molar-refractivity contribution in [3.63, 3.8) is 0 Å². The summed E-state index contributed by atoms with van der Waals surface area (Å²) in [6.45, 7) is 3.65. The molecule has 0 bridgehead atoms. The largest absolute Gasteiger partial charge is 0.487 e. The van der Waals surface area contributed by atoms with Crippen LogP contribution in [0.15, 0.2) is 47.8 Å². The van der Waals surface area contributed by atoms with Crippen LogP contribution in [0.5, 0.6) is 5.75 Å². The number of ether oxygens (including phenoxy) is 1. The molecule has 2 aliphatic rings. The van der Waals surface area contributed by atoms with Gasteiger partial charge in [0.25, 0.3) is 5.91 Å². The van der Waals surface area contributed by atoms with Gasteiger partial charge < -0.3 is 14.7 Å². The molecular weight excluding hydrogens is 468 g/mol. The summed E-state index contributed by atoms with van der Waals surface area (Å²) in [7, 11) is -2.24. The minimum absolute atomic E-state index is 0.0694. The molecule has 1 aromatic carbocycles. The Kier molecular flexibility index (Phi) is 7.53. The Bertz CT molecular complexity index is 1200. The third kappa shape index (κ3) is 5.24. The highest BCUT2D eigenvalue weighted by Gasteiger charge is 2.38. The number of aliphatic hydroxyl groups is 1. The summed E-state index contributed by atoms with van der Waals surface area (Å²) in [5.41, 5.74) is 2.34. The molecule has 1 aliphatic heterocycles. The number of likely N-dealkylation sites (N-methyl/N-ethyl adjacent to an activating group) is 1. The Morgan fingerprint density at radius 1 is 1.34 bits per heavy atom. The fraction of sp³-hybridized carbons (Fsp3) is 0.480. The topological polar surface area (TPSA) is 113 Å². The lowest BCUT2D eigenvalue weighted by Crippen LogP contribution is -2.50. The van der Waals surface area contributed by atoms with Gasteiger partial charge in [0.05, 0.1) is 19.3 Å². The van der Waals surface area contributed by atoms with Crippen molar-refractivity contribution in [3.05, 3.63) is 54.1 Å². The van der Waals surface area contributed by atoms with E-state index in [4.69, 9.17) is 4.74 Å². The maximum Gasteiger partial charge on any atom is 0.273 e. The number of fused-ring (bicyclic) bond motifs is 1. The summed E-state index contributed by atoms with van der Waals surface area (Å²) in [4.78, 5) is 22.5. The van der Waals surface area contributed by atoms with Gasteiger partial charge in [0.15, 0.2) is 0 Å². The molecule has 10 heteroatoms. The average Bonchev–Trinajstić information content (AvgIpc) is 3.40. The molecule has 0 unspecified atom stereocenters. The normalized spacial score (nSPS) is 22.8. The molecule has 35 heavy (non-hydrogen) atoms. The standard InChI is InChI=1S/C25H32N4O5S/c1-17-14-29(18(2)16-30)35(32,33)24-9-8-20(19-6-4-5-7-19)12-22(24)34-23(17)15-28(3)25(31)21-13-26-10-11-27-21/h6,8-13,17-18,23,30H,4-5,7,14-16H2,1-3H3/t17-,18+,23-/m1/s1. The van der Waals surface area contributed by atoms with Crippen molar-refractivity contribution in [2.45, 2.75) is 50.2 Å². The van der Waals surface area contributed by atoms with Gasteiger partial charge in [-0.15, -0.1) is 0 Å². The van der Waals surface area contributed by atoms with Crippen LogP contribution in [0.4, 0.5) is 0 Å². The number of carbonyl (C=O) groups is 1. The van der Waals surface area contributed by atoms with Gasteiger partial charge in [-0.05, 0) is 49.5 Å². The highest BCUT2D eigenvalue weighted by atomic mass is 32.2. The predicted octanol–water partition coefficient (Wildman–Crippen LogP) is 2.58. The Morgan fingerprint density at radius 2 is 2.14 bits per heavy atom. The summed E-state index contributed by atoms with van der Waals surface area (Å²) in [6, 6.07) is 4.60. The van der Waals surface area contributed by atoms with E-state index >= 15 is 0 Å². The van der Waals surface area contributed by atoms with Crippen molar-refractivity contribution >= 4 is 21.5 Å². The fourth-order valence-corrected chi connectivity index (χ4v) is 6.36. The van der Waals surface area contributed by atoms with Crippen LogP contribution in [-0.4, -0.2) is 77.5 Å². The molecule has 2 heterocycles. The Balaban J connectivity index is 1.72. The summed E-state index contributed by atoms with van der Waals surface area (Å²) in [5.74, 6) is -0.296. The van der Waals surface area contributed by atoms with E-state index in [1.54, 1.807) is 26.1 Å². The molecule has 1 aromatic heterocycles. The SMILES string of the molecule is C[C@@H]1CN([C@@H](C)CO)S(=O)(=O)c2ccc(C3=CCCC3)cc2O[C@@H]1CN(C)C(=O)c1cnccn1. The lowest BCUT2D eigenvalue weighted by atomic mass is 10.0.